The Kier molecular flexibility index (Phi) is 9.45. The molecule has 1 N–H and O–H groups in total. The SMILES string of the molecule is COc1ccc(-c2noc(CN3CCCC(C(=O)NCCCSCc4ccccc4Cl)C3)n2)cc1. The first-order valence-corrected chi connectivity index (χ1v) is 13.4. The normalized spacial score (nSPS) is 16.2. The van der Waals surface area contributed by atoms with E-state index >= 15 is 0 Å². The van der Waals surface area contributed by atoms with Crippen LogP contribution >= 0.6 is 23.4 Å². The van der Waals surface area contributed by atoms with Gasteiger partial charge < -0.3 is 14.6 Å². The Morgan fingerprint density at radius 1 is 1.26 bits per heavy atom. The molecular formula is C26H31ClN4O3S. The molecule has 1 atom stereocenters. The number of nitrogens with one attached hydrogen (secondary N) is 1. The molecule has 1 aromatic heterocycles. The lowest BCUT2D eigenvalue weighted by atomic mass is 9.97. The maximum absolute atomic E-state index is 12.7. The number of benzene rings is 2. The largest absolute Gasteiger partial charge is 0.497 e. The number of hydrogen-bond donors (Lipinski definition) is 1. The Balaban J connectivity index is 1.17. The minimum absolute atomic E-state index is 0.0106. The lowest BCUT2D eigenvalue weighted by Crippen LogP contribution is -2.43. The van der Waals surface area contributed by atoms with Gasteiger partial charge in [0.25, 0.3) is 0 Å². The molecule has 7 nitrogen and oxygen atoms in total. The summed E-state index contributed by atoms with van der Waals surface area (Å²) >= 11 is 8.04. The number of methoxy groups -OCH3 is 1. The number of aromatic nitrogens is 2. The average Bonchev–Trinajstić information content (AvgIpc) is 3.35. The summed E-state index contributed by atoms with van der Waals surface area (Å²) in [6, 6.07) is 15.5. The summed E-state index contributed by atoms with van der Waals surface area (Å²) in [6.07, 6.45) is 2.82. The predicted octanol–water partition coefficient (Wildman–Crippen LogP) is 5.05. The zero-order chi connectivity index (χ0) is 24.5. The highest BCUT2D eigenvalue weighted by molar-refractivity contribution is 7.98. The number of thioether (sulfide) groups is 1. The Labute approximate surface area is 215 Å². The van der Waals surface area contributed by atoms with E-state index in [-0.39, 0.29) is 11.8 Å². The summed E-state index contributed by atoms with van der Waals surface area (Å²) in [4.78, 5) is 19.5. The summed E-state index contributed by atoms with van der Waals surface area (Å²) in [5.74, 6) is 3.90. The zero-order valence-corrected chi connectivity index (χ0v) is 21.5. The Hall–Kier alpha value is -2.55. The molecule has 9 heteroatoms. The van der Waals surface area contributed by atoms with Gasteiger partial charge in [0.05, 0.1) is 19.6 Å². The first-order valence-electron chi connectivity index (χ1n) is 11.9. The first-order chi connectivity index (χ1) is 17.1. The van der Waals surface area contributed by atoms with Gasteiger partial charge in [0.2, 0.25) is 17.6 Å². The van der Waals surface area contributed by atoms with E-state index in [0.717, 1.165) is 59.2 Å². The topological polar surface area (TPSA) is 80.5 Å². The molecule has 0 aliphatic carbocycles. The summed E-state index contributed by atoms with van der Waals surface area (Å²) < 4.78 is 10.7. The molecule has 1 fully saturated rings. The molecule has 186 valence electrons. The third kappa shape index (κ3) is 7.46. The third-order valence-electron chi connectivity index (χ3n) is 6.03. The summed E-state index contributed by atoms with van der Waals surface area (Å²) in [7, 11) is 1.64. The zero-order valence-electron chi connectivity index (χ0n) is 19.9. The molecule has 35 heavy (non-hydrogen) atoms. The molecule has 4 rings (SSSR count). The van der Waals surface area contributed by atoms with Gasteiger partial charge in [0, 0.05) is 29.4 Å². The van der Waals surface area contributed by atoms with Crippen LogP contribution in [0.15, 0.2) is 53.1 Å². The highest BCUT2D eigenvalue weighted by Gasteiger charge is 2.26. The number of likely N-dealkylation sites (tertiary alicyclic amines) is 1. The van der Waals surface area contributed by atoms with E-state index in [1.54, 1.807) is 7.11 Å². The van der Waals surface area contributed by atoms with Gasteiger partial charge in [-0.25, -0.2) is 0 Å². The number of hydrogen-bond acceptors (Lipinski definition) is 7. The Morgan fingerprint density at radius 2 is 2.09 bits per heavy atom. The second-order valence-corrected chi connectivity index (χ2v) is 10.1. The molecule has 0 radical (unpaired) electrons. The summed E-state index contributed by atoms with van der Waals surface area (Å²) in [5, 5.41) is 8.04. The molecule has 0 saturated carbocycles. The number of rotatable bonds is 11. The maximum Gasteiger partial charge on any atom is 0.241 e. The predicted molar refractivity (Wildman–Crippen MR) is 140 cm³/mol. The molecule has 0 spiro atoms. The van der Waals surface area contributed by atoms with E-state index in [9.17, 15) is 4.79 Å². The summed E-state index contributed by atoms with van der Waals surface area (Å²) in [6.45, 7) is 2.86. The monoisotopic (exact) mass is 514 g/mol. The molecule has 1 amide bonds. The van der Waals surface area contributed by atoms with Crippen LogP contribution in [0.2, 0.25) is 5.02 Å². The van der Waals surface area contributed by atoms with E-state index in [0.29, 0.717) is 31.3 Å². The van der Waals surface area contributed by atoms with Gasteiger partial charge in [0.1, 0.15) is 5.75 Å². The second kappa shape index (κ2) is 13.0. The van der Waals surface area contributed by atoms with E-state index < -0.39 is 0 Å². The molecule has 1 saturated heterocycles. The highest BCUT2D eigenvalue weighted by Crippen LogP contribution is 2.23. The molecule has 1 aliphatic heterocycles. The number of halogens is 1. The summed E-state index contributed by atoms with van der Waals surface area (Å²) in [5.41, 5.74) is 2.03. The molecule has 1 unspecified atom stereocenters. The molecule has 3 aromatic rings. The molecule has 0 bridgehead atoms. The van der Waals surface area contributed by atoms with Crippen molar-refractivity contribution in [3.05, 3.63) is 65.0 Å². The van der Waals surface area contributed by atoms with Crippen LogP contribution in [0.1, 0.15) is 30.7 Å². The second-order valence-electron chi connectivity index (χ2n) is 8.60. The van der Waals surface area contributed by atoms with Crippen LogP contribution in [0, 0.1) is 5.92 Å². The van der Waals surface area contributed by atoms with Crippen molar-refractivity contribution in [2.45, 2.75) is 31.6 Å². The number of carbonyl (C=O) groups is 1. The molecule has 2 heterocycles. The van der Waals surface area contributed by atoms with Crippen LogP contribution in [-0.2, 0) is 17.1 Å². The first kappa shape index (κ1) is 25.5. The third-order valence-corrected chi connectivity index (χ3v) is 7.49. The number of nitrogens with zero attached hydrogens (tertiary/aromatic N) is 3. The van der Waals surface area contributed by atoms with Crippen molar-refractivity contribution < 1.29 is 14.1 Å². The van der Waals surface area contributed by atoms with Crippen LogP contribution in [-0.4, -0.2) is 53.4 Å². The molecule has 1 aliphatic rings. The fraction of sp³-hybridized carbons (Fsp3) is 0.423. The molecule has 2 aromatic carbocycles. The van der Waals surface area contributed by atoms with E-state index in [1.165, 1.54) is 0 Å². The number of ether oxygens (including phenoxy) is 1. The van der Waals surface area contributed by atoms with E-state index in [4.69, 9.17) is 20.9 Å². The van der Waals surface area contributed by atoms with Gasteiger partial charge in [-0.1, -0.05) is 35.0 Å². The smallest absolute Gasteiger partial charge is 0.241 e. The van der Waals surface area contributed by atoms with Crippen molar-refractivity contribution in [3.8, 4) is 17.1 Å². The van der Waals surface area contributed by atoms with Crippen molar-refractivity contribution >= 4 is 29.3 Å². The lowest BCUT2D eigenvalue weighted by Gasteiger charge is -2.30. The Morgan fingerprint density at radius 3 is 2.89 bits per heavy atom. The maximum atomic E-state index is 12.7. The number of amides is 1. The van der Waals surface area contributed by atoms with Crippen molar-refractivity contribution in [2.75, 3.05) is 32.5 Å². The van der Waals surface area contributed by atoms with Crippen LogP contribution in [0.25, 0.3) is 11.4 Å². The minimum Gasteiger partial charge on any atom is -0.497 e. The van der Waals surface area contributed by atoms with Gasteiger partial charge in [-0.3, -0.25) is 9.69 Å². The fourth-order valence-corrected chi connectivity index (χ4v) is 5.35. The van der Waals surface area contributed by atoms with Crippen molar-refractivity contribution in [1.29, 1.82) is 0 Å². The quantitative estimate of drug-likeness (QED) is 0.358. The Bertz CT molecular complexity index is 1090. The fourth-order valence-electron chi connectivity index (χ4n) is 4.11. The van der Waals surface area contributed by atoms with Crippen molar-refractivity contribution in [3.63, 3.8) is 0 Å². The van der Waals surface area contributed by atoms with Crippen LogP contribution in [0.4, 0.5) is 0 Å². The van der Waals surface area contributed by atoms with Crippen LogP contribution in [0.3, 0.4) is 0 Å². The van der Waals surface area contributed by atoms with Gasteiger partial charge in [-0.15, -0.1) is 0 Å². The molecular weight excluding hydrogens is 484 g/mol. The van der Waals surface area contributed by atoms with Crippen molar-refractivity contribution in [1.82, 2.24) is 20.4 Å². The number of piperidine rings is 1. The average molecular weight is 515 g/mol. The lowest BCUT2D eigenvalue weighted by molar-refractivity contribution is -0.126. The van der Waals surface area contributed by atoms with Gasteiger partial charge in [-0.2, -0.15) is 16.7 Å². The highest BCUT2D eigenvalue weighted by atomic mass is 35.5. The van der Waals surface area contributed by atoms with Gasteiger partial charge in [-0.05, 0) is 67.5 Å². The van der Waals surface area contributed by atoms with Crippen molar-refractivity contribution in [2.24, 2.45) is 5.92 Å². The van der Waals surface area contributed by atoms with Gasteiger partial charge >= 0.3 is 0 Å². The number of carbonyl (C=O) groups excluding carboxylic acids is 1. The van der Waals surface area contributed by atoms with E-state index in [2.05, 4.69) is 26.4 Å². The van der Waals surface area contributed by atoms with Gasteiger partial charge in [0.15, 0.2) is 0 Å². The minimum atomic E-state index is -0.0106. The van der Waals surface area contributed by atoms with Crippen LogP contribution in [0.5, 0.6) is 5.75 Å². The van der Waals surface area contributed by atoms with Crippen LogP contribution < -0.4 is 10.1 Å². The standard InChI is InChI=1S/C26H31ClN4O3S/c1-33-22-11-9-19(10-12-22)25-29-24(34-30-25)17-31-14-4-7-20(16-31)26(32)28-13-5-15-35-18-21-6-2-3-8-23(21)27/h2-3,6,8-12,20H,4-5,7,13-18H2,1H3,(H,28,32). The van der Waals surface area contributed by atoms with E-state index in [1.807, 2.05) is 54.2 Å².